The maximum atomic E-state index is 9.36. The molecule has 0 spiro atoms. The number of rotatable bonds is 5. The summed E-state index contributed by atoms with van der Waals surface area (Å²) in [5, 5.41) is 21.9. The van der Waals surface area contributed by atoms with Gasteiger partial charge in [0.2, 0.25) is 0 Å². The minimum Gasteiger partial charge on any atom is -0.397 e. The normalized spacial score (nSPS) is 11.5. The largest absolute Gasteiger partial charge is 0.397 e. The predicted molar refractivity (Wildman–Crippen MR) is 66.4 cm³/mol. The number of hydrogen-bond acceptors (Lipinski definition) is 4. The molecule has 0 atom stereocenters. The molecule has 1 aromatic carbocycles. The van der Waals surface area contributed by atoms with E-state index in [1.807, 2.05) is 26.0 Å². The molecule has 0 fully saturated rings. The summed E-state index contributed by atoms with van der Waals surface area (Å²) in [6.07, 6.45) is 0.619. The summed E-state index contributed by atoms with van der Waals surface area (Å²) in [7, 11) is 0. The first-order chi connectivity index (χ1) is 7.58. The quantitative estimate of drug-likeness (QED) is 0.565. The van der Waals surface area contributed by atoms with Crippen molar-refractivity contribution in [2.75, 3.05) is 24.3 Å². The monoisotopic (exact) mass is 224 g/mol. The highest BCUT2D eigenvalue weighted by molar-refractivity contribution is 5.70. The van der Waals surface area contributed by atoms with Crippen LogP contribution in [-0.2, 0) is 0 Å². The zero-order chi connectivity index (χ0) is 12.2. The van der Waals surface area contributed by atoms with E-state index in [1.165, 1.54) is 0 Å². The first kappa shape index (κ1) is 12.8. The van der Waals surface area contributed by atoms with Gasteiger partial charge in [-0.15, -0.1) is 0 Å². The van der Waals surface area contributed by atoms with E-state index >= 15 is 0 Å². The molecule has 0 aliphatic carbocycles. The average Bonchev–Trinajstić information content (AvgIpc) is 2.30. The SMILES string of the molecule is CCC(CO)(CO)Nc1c(C)cccc1N. The van der Waals surface area contributed by atoms with Crippen LogP contribution in [0, 0.1) is 6.92 Å². The summed E-state index contributed by atoms with van der Waals surface area (Å²) in [4.78, 5) is 0. The Bertz CT molecular complexity index is 320. The molecule has 0 aromatic heterocycles. The fraction of sp³-hybridized carbons (Fsp3) is 0.500. The van der Waals surface area contributed by atoms with E-state index in [4.69, 9.17) is 5.73 Å². The zero-order valence-electron chi connectivity index (χ0n) is 9.83. The third-order valence-corrected chi connectivity index (χ3v) is 2.98. The van der Waals surface area contributed by atoms with Crippen molar-refractivity contribution in [3.63, 3.8) is 0 Å². The lowest BCUT2D eigenvalue weighted by molar-refractivity contribution is 0.132. The van der Waals surface area contributed by atoms with Crippen molar-refractivity contribution >= 4 is 11.4 Å². The molecule has 0 heterocycles. The lowest BCUT2D eigenvalue weighted by atomic mass is 9.97. The molecule has 0 aliphatic rings. The van der Waals surface area contributed by atoms with Gasteiger partial charge >= 0.3 is 0 Å². The van der Waals surface area contributed by atoms with E-state index in [9.17, 15) is 10.2 Å². The smallest absolute Gasteiger partial charge is 0.0832 e. The average molecular weight is 224 g/mol. The summed E-state index contributed by atoms with van der Waals surface area (Å²) in [5.74, 6) is 0. The molecule has 0 bridgehead atoms. The van der Waals surface area contributed by atoms with E-state index in [2.05, 4.69) is 5.32 Å². The van der Waals surface area contributed by atoms with Crippen molar-refractivity contribution in [1.29, 1.82) is 0 Å². The van der Waals surface area contributed by atoms with Gasteiger partial charge in [0, 0.05) is 0 Å². The minimum atomic E-state index is -0.708. The zero-order valence-corrected chi connectivity index (χ0v) is 9.83. The molecule has 1 rings (SSSR count). The summed E-state index contributed by atoms with van der Waals surface area (Å²) in [6.45, 7) is 3.59. The number of nitrogens with one attached hydrogen (secondary N) is 1. The lowest BCUT2D eigenvalue weighted by Gasteiger charge is -2.32. The Morgan fingerprint density at radius 2 is 1.94 bits per heavy atom. The number of aliphatic hydroxyl groups is 2. The van der Waals surface area contributed by atoms with Crippen LogP contribution < -0.4 is 11.1 Å². The van der Waals surface area contributed by atoms with Gasteiger partial charge in [0.25, 0.3) is 0 Å². The van der Waals surface area contributed by atoms with Crippen molar-refractivity contribution in [3.05, 3.63) is 23.8 Å². The van der Waals surface area contributed by atoms with Gasteiger partial charge in [-0.2, -0.15) is 0 Å². The number of nitrogens with two attached hydrogens (primary N) is 1. The number of aryl methyl sites for hydroxylation is 1. The second kappa shape index (κ2) is 5.18. The van der Waals surface area contributed by atoms with Crippen LogP contribution >= 0.6 is 0 Å². The Labute approximate surface area is 96.1 Å². The Morgan fingerprint density at radius 3 is 2.38 bits per heavy atom. The third kappa shape index (κ3) is 2.46. The highest BCUT2D eigenvalue weighted by Gasteiger charge is 2.27. The van der Waals surface area contributed by atoms with Crippen molar-refractivity contribution in [2.45, 2.75) is 25.8 Å². The van der Waals surface area contributed by atoms with E-state index in [-0.39, 0.29) is 13.2 Å². The Hall–Kier alpha value is -1.26. The van der Waals surface area contributed by atoms with Gasteiger partial charge in [0.15, 0.2) is 0 Å². The molecule has 0 unspecified atom stereocenters. The molecular formula is C12H20N2O2. The second-order valence-corrected chi connectivity index (χ2v) is 4.11. The Kier molecular flexibility index (Phi) is 4.15. The topological polar surface area (TPSA) is 78.5 Å². The summed E-state index contributed by atoms with van der Waals surface area (Å²) >= 11 is 0. The molecule has 4 nitrogen and oxygen atoms in total. The molecule has 1 aromatic rings. The molecule has 5 N–H and O–H groups in total. The van der Waals surface area contributed by atoms with Crippen LogP contribution in [0.15, 0.2) is 18.2 Å². The predicted octanol–water partition coefficient (Wildman–Crippen LogP) is 1.12. The van der Waals surface area contributed by atoms with Crippen LogP contribution in [0.5, 0.6) is 0 Å². The van der Waals surface area contributed by atoms with Crippen LogP contribution in [0.3, 0.4) is 0 Å². The molecule has 0 amide bonds. The summed E-state index contributed by atoms with van der Waals surface area (Å²) in [6, 6.07) is 5.61. The highest BCUT2D eigenvalue weighted by atomic mass is 16.3. The molecule has 16 heavy (non-hydrogen) atoms. The number of para-hydroxylation sites is 1. The first-order valence-corrected chi connectivity index (χ1v) is 5.43. The Balaban J connectivity index is 3.02. The molecular weight excluding hydrogens is 204 g/mol. The van der Waals surface area contributed by atoms with E-state index in [0.29, 0.717) is 12.1 Å². The lowest BCUT2D eigenvalue weighted by Crippen LogP contribution is -2.45. The number of benzene rings is 1. The van der Waals surface area contributed by atoms with E-state index in [1.54, 1.807) is 6.07 Å². The fourth-order valence-corrected chi connectivity index (χ4v) is 1.57. The van der Waals surface area contributed by atoms with E-state index in [0.717, 1.165) is 11.3 Å². The number of anilines is 2. The van der Waals surface area contributed by atoms with Crippen molar-refractivity contribution < 1.29 is 10.2 Å². The van der Waals surface area contributed by atoms with Crippen LogP contribution in [0.1, 0.15) is 18.9 Å². The summed E-state index contributed by atoms with van der Waals surface area (Å²) in [5.41, 5.74) is 7.57. The van der Waals surface area contributed by atoms with Crippen molar-refractivity contribution in [1.82, 2.24) is 0 Å². The third-order valence-electron chi connectivity index (χ3n) is 2.98. The van der Waals surface area contributed by atoms with Gasteiger partial charge in [-0.1, -0.05) is 19.1 Å². The first-order valence-electron chi connectivity index (χ1n) is 5.43. The van der Waals surface area contributed by atoms with Gasteiger partial charge < -0.3 is 21.3 Å². The molecule has 4 heteroatoms. The summed E-state index contributed by atoms with van der Waals surface area (Å²) < 4.78 is 0. The second-order valence-electron chi connectivity index (χ2n) is 4.11. The maximum absolute atomic E-state index is 9.36. The molecule has 0 saturated heterocycles. The fourth-order valence-electron chi connectivity index (χ4n) is 1.57. The molecule has 0 aliphatic heterocycles. The van der Waals surface area contributed by atoms with Crippen LogP contribution in [0.2, 0.25) is 0 Å². The minimum absolute atomic E-state index is 0.131. The molecule has 0 radical (unpaired) electrons. The van der Waals surface area contributed by atoms with Crippen molar-refractivity contribution in [3.8, 4) is 0 Å². The van der Waals surface area contributed by atoms with E-state index < -0.39 is 5.54 Å². The number of nitrogen functional groups attached to an aromatic ring is 1. The number of hydrogen-bond donors (Lipinski definition) is 4. The van der Waals surface area contributed by atoms with Gasteiger partial charge in [0.1, 0.15) is 0 Å². The van der Waals surface area contributed by atoms with Crippen LogP contribution in [0.4, 0.5) is 11.4 Å². The molecule has 90 valence electrons. The highest BCUT2D eigenvalue weighted by Crippen LogP contribution is 2.27. The van der Waals surface area contributed by atoms with Gasteiger partial charge in [-0.25, -0.2) is 0 Å². The van der Waals surface area contributed by atoms with Crippen molar-refractivity contribution in [2.24, 2.45) is 0 Å². The van der Waals surface area contributed by atoms with Crippen LogP contribution in [-0.4, -0.2) is 29.0 Å². The molecule has 0 saturated carbocycles. The standard InChI is InChI=1S/C12H20N2O2/c1-3-12(7-15,8-16)14-11-9(2)5-4-6-10(11)13/h4-6,14-16H,3,7-8,13H2,1-2H3. The van der Waals surface area contributed by atoms with Crippen LogP contribution in [0.25, 0.3) is 0 Å². The Morgan fingerprint density at radius 1 is 1.31 bits per heavy atom. The van der Waals surface area contributed by atoms with Gasteiger partial charge in [0.05, 0.1) is 30.1 Å². The maximum Gasteiger partial charge on any atom is 0.0832 e. The number of aliphatic hydroxyl groups excluding tert-OH is 2. The van der Waals surface area contributed by atoms with Gasteiger partial charge in [-0.05, 0) is 25.0 Å². The van der Waals surface area contributed by atoms with Gasteiger partial charge in [-0.3, -0.25) is 0 Å².